The van der Waals surface area contributed by atoms with Gasteiger partial charge in [-0.15, -0.1) is 0 Å². The number of nitrogens with one attached hydrogen (secondary N) is 1. The first-order valence-corrected chi connectivity index (χ1v) is 11.6. The summed E-state index contributed by atoms with van der Waals surface area (Å²) in [5, 5.41) is 3.12. The molecule has 1 N–H and O–H groups in total. The van der Waals surface area contributed by atoms with Gasteiger partial charge in [0.15, 0.2) is 6.61 Å². The molecule has 1 fully saturated rings. The standard InChI is InChI=1S/C28H30N2O3/c1-2-21-8-6-7-11-26(21)33-20-27(31)30-18-16-25(17-19-30)29-28(32)24-14-12-23(13-15-24)22-9-4-3-5-10-22/h3-15,25H,2,16-20H2,1H3,(H,29,32). The summed E-state index contributed by atoms with van der Waals surface area (Å²) < 4.78 is 5.77. The Morgan fingerprint density at radius 1 is 0.879 bits per heavy atom. The first kappa shape index (κ1) is 22.6. The van der Waals surface area contributed by atoms with Gasteiger partial charge in [0.1, 0.15) is 5.75 Å². The lowest BCUT2D eigenvalue weighted by atomic mass is 10.0. The van der Waals surface area contributed by atoms with Crippen molar-refractivity contribution in [2.45, 2.75) is 32.2 Å². The number of rotatable bonds is 7. The fourth-order valence-corrected chi connectivity index (χ4v) is 4.15. The molecular formula is C28H30N2O3. The molecule has 0 radical (unpaired) electrons. The molecule has 5 nitrogen and oxygen atoms in total. The summed E-state index contributed by atoms with van der Waals surface area (Å²) in [6.07, 6.45) is 2.35. The van der Waals surface area contributed by atoms with Gasteiger partial charge in [-0.25, -0.2) is 0 Å². The van der Waals surface area contributed by atoms with Crippen molar-refractivity contribution in [1.82, 2.24) is 10.2 Å². The third-order valence-electron chi connectivity index (χ3n) is 6.14. The highest BCUT2D eigenvalue weighted by molar-refractivity contribution is 5.94. The second-order valence-corrected chi connectivity index (χ2v) is 8.32. The number of hydrogen-bond donors (Lipinski definition) is 1. The van der Waals surface area contributed by atoms with Gasteiger partial charge in [-0.2, -0.15) is 0 Å². The van der Waals surface area contributed by atoms with Crippen molar-refractivity contribution in [3.63, 3.8) is 0 Å². The quantitative estimate of drug-likeness (QED) is 0.576. The highest BCUT2D eigenvalue weighted by Gasteiger charge is 2.24. The molecule has 0 saturated carbocycles. The van der Waals surface area contributed by atoms with Crippen LogP contribution >= 0.6 is 0 Å². The fraction of sp³-hybridized carbons (Fsp3) is 0.286. The van der Waals surface area contributed by atoms with Crippen LogP contribution in [0, 0.1) is 0 Å². The van der Waals surface area contributed by atoms with E-state index in [0.29, 0.717) is 18.7 Å². The van der Waals surface area contributed by atoms with E-state index in [4.69, 9.17) is 4.74 Å². The number of amides is 2. The normalized spacial score (nSPS) is 14.0. The molecule has 2 amide bonds. The first-order chi connectivity index (χ1) is 16.1. The van der Waals surface area contributed by atoms with Crippen molar-refractivity contribution in [2.24, 2.45) is 0 Å². The van der Waals surface area contributed by atoms with Crippen molar-refractivity contribution in [2.75, 3.05) is 19.7 Å². The summed E-state index contributed by atoms with van der Waals surface area (Å²) >= 11 is 0. The Hall–Kier alpha value is -3.60. The van der Waals surface area contributed by atoms with Crippen LogP contribution in [0.4, 0.5) is 0 Å². The number of piperidine rings is 1. The lowest BCUT2D eigenvalue weighted by Crippen LogP contribution is -2.47. The fourth-order valence-electron chi connectivity index (χ4n) is 4.15. The minimum Gasteiger partial charge on any atom is -0.483 e. The zero-order valence-corrected chi connectivity index (χ0v) is 19.0. The molecule has 3 aromatic rings. The summed E-state index contributed by atoms with van der Waals surface area (Å²) in [5.74, 6) is 0.690. The Kier molecular flexibility index (Phi) is 7.40. The van der Waals surface area contributed by atoms with Crippen LogP contribution in [0.2, 0.25) is 0 Å². The number of carbonyl (C=O) groups is 2. The van der Waals surface area contributed by atoms with Crippen molar-refractivity contribution in [3.05, 3.63) is 90.0 Å². The molecule has 0 bridgehead atoms. The maximum absolute atomic E-state index is 12.7. The van der Waals surface area contributed by atoms with E-state index in [-0.39, 0.29) is 24.5 Å². The van der Waals surface area contributed by atoms with E-state index in [1.807, 2.05) is 71.6 Å². The van der Waals surface area contributed by atoms with Gasteiger partial charge < -0.3 is 15.0 Å². The van der Waals surface area contributed by atoms with Crippen LogP contribution in [0.25, 0.3) is 11.1 Å². The molecule has 0 unspecified atom stereocenters. The van der Waals surface area contributed by atoms with Crippen LogP contribution in [0.15, 0.2) is 78.9 Å². The summed E-state index contributed by atoms with van der Waals surface area (Å²) in [5.41, 5.74) is 3.96. The molecule has 3 aromatic carbocycles. The number of para-hydroxylation sites is 1. The van der Waals surface area contributed by atoms with Gasteiger partial charge in [0.05, 0.1) is 0 Å². The van der Waals surface area contributed by atoms with E-state index >= 15 is 0 Å². The number of ether oxygens (including phenoxy) is 1. The summed E-state index contributed by atoms with van der Waals surface area (Å²) in [6, 6.07) is 25.7. The first-order valence-electron chi connectivity index (χ1n) is 11.6. The smallest absolute Gasteiger partial charge is 0.260 e. The average molecular weight is 443 g/mol. The van der Waals surface area contributed by atoms with E-state index in [2.05, 4.69) is 24.4 Å². The van der Waals surface area contributed by atoms with Crippen molar-refractivity contribution < 1.29 is 14.3 Å². The van der Waals surface area contributed by atoms with Gasteiger partial charge in [0.2, 0.25) is 0 Å². The summed E-state index contributed by atoms with van der Waals surface area (Å²) in [6.45, 7) is 3.35. The molecule has 1 saturated heterocycles. The molecule has 0 atom stereocenters. The minimum atomic E-state index is -0.0705. The van der Waals surface area contributed by atoms with E-state index in [1.165, 1.54) is 0 Å². The third-order valence-corrected chi connectivity index (χ3v) is 6.14. The molecule has 1 heterocycles. The molecular weight excluding hydrogens is 412 g/mol. The van der Waals surface area contributed by atoms with Crippen LogP contribution in [-0.2, 0) is 11.2 Å². The number of aryl methyl sites for hydroxylation is 1. The molecule has 5 heteroatoms. The van der Waals surface area contributed by atoms with E-state index in [9.17, 15) is 9.59 Å². The Bertz CT molecular complexity index is 1070. The van der Waals surface area contributed by atoms with Gasteiger partial charge >= 0.3 is 0 Å². The second-order valence-electron chi connectivity index (χ2n) is 8.32. The molecule has 1 aliphatic rings. The number of hydrogen-bond acceptors (Lipinski definition) is 3. The van der Waals surface area contributed by atoms with Gasteiger partial charge in [-0.1, -0.05) is 67.6 Å². The number of likely N-dealkylation sites (tertiary alicyclic amines) is 1. The van der Waals surface area contributed by atoms with Gasteiger partial charge in [0.25, 0.3) is 11.8 Å². The summed E-state index contributed by atoms with van der Waals surface area (Å²) in [4.78, 5) is 27.1. The van der Waals surface area contributed by atoms with Crippen molar-refractivity contribution in [1.29, 1.82) is 0 Å². The largest absolute Gasteiger partial charge is 0.483 e. The topological polar surface area (TPSA) is 58.6 Å². The molecule has 0 spiro atoms. The average Bonchev–Trinajstić information content (AvgIpc) is 2.88. The third kappa shape index (κ3) is 5.80. The van der Waals surface area contributed by atoms with E-state index < -0.39 is 0 Å². The lowest BCUT2D eigenvalue weighted by molar-refractivity contribution is -0.134. The molecule has 0 aromatic heterocycles. The number of nitrogens with zero attached hydrogens (tertiary/aromatic N) is 1. The van der Waals surface area contributed by atoms with Crippen LogP contribution in [0.3, 0.4) is 0 Å². The van der Waals surface area contributed by atoms with Gasteiger partial charge in [-0.3, -0.25) is 9.59 Å². The van der Waals surface area contributed by atoms with Gasteiger partial charge in [0, 0.05) is 24.7 Å². The highest BCUT2D eigenvalue weighted by Crippen LogP contribution is 2.20. The lowest BCUT2D eigenvalue weighted by Gasteiger charge is -2.32. The highest BCUT2D eigenvalue weighted by atomic mass is 16.5. The second kappa shape index (κ2) is 10.8. The maximum Gasteiger partial charge on any atom is 0.260 e. The van der Waals surface area contributed by atoms with Crippen LogP contribution in [0.1, 0.15) is 35.7 Å². The van der Waals surface area contributed by atoms with Crippen LogP contribution < -0.4 is 10.1 Å². The molecule has 4 rings (SSSR count). The molecule has 0 aliphatic carbocycles. The van der Waals surface area contributed by atoms with Crippen LogP contribution in [0.5, 0.6) is 5.75 Å². The Morgan fingerprint density at radius 3 is 2.21 bits per heavy atom. The van der Waals surface area contributed by atoms with E-state index in [0.717, 1.165) is 41.7 Å². The molecule has 1 aliphatic heterocycles. The Morgan fingerprint density at radius 2 is 1.52 bits per heavy atom. The summed E-state index contributed by atoms with van der Waals surface area (Å²) in [7, 11) is 0. The maximum atomic E-state index is 12.7. The Labute approximate surface area is 195 Å². The van der Waals surface area contributed by atoms with Gasteiger partial charge in [-0.05, 0) is 54.2 Å². The van der Waals surface area contributed by atoms with E-state index in [1.54, 1.807) is 0 Å². The number of benzene rings is 3. The zero-order valence-electron chi connectivity index (χ0n) is 19.0. The SMILES string of the molecule is CCc1ccccc1OCC(=O)N1CCC(NC(=O)c2ccc(-c3ccccc3)cc2)CC1. The zero-order chi connectivity index (χ0) is 23.0. The number of carbonyl (C=O) groups excluding carboxylic acids is 2. The van der Waals surface area contributed by atoms with Crippen molar-refractivity contribution >= 4 is 11.8 Å². The molecule has 170 valence electrons. The predicted octanol–water partition coefficient (Wildman–Crippen LogP) is 4.72. The van der Waals surface area contributed by atoms with Crippen LogP contribution in [-0.4, -0.2) is 42.5 Å². The van der Waals surface area contributed by atoms with Crippen molar-refractivity contribution in [3.8, 4) is 16.9 Å². The predicted molar refractivity (Wildman–Crippen MR) is 130 cm³/mol. The monoisotopic (exact) mass is 442 g/mol. The minimum absolute atomic E-state index is 0.0119. The molecule has 33 heavy (non-hydrogen) atoms. The Balaban J connectivity index is 1.24.